The number of ether oxygens (including phenoxy) is 3. The van der Waals surface area contributed by atoms with Crippen molar-refractivity contribution < 1.29 is 38.8 Å². The summed E-state index contributed by atoms with van der Waals surface area (Å²) in [6.45, 7) is 5.56. The molecule has 39 heavy (non-hydrogen) atoms. The molecule has 3 N–H and O–H groups in total. The first-order valence-electron chi connectivity index (χ1n) is 13.2. The molecule has 1 fully saturated rings. The molecule has 2 amide bonds. The van der Waals surface area contributed by atoms with Crippen molar-refractivity contribution in [1.29, 1.82) is 0 Å². The molecule has 12 heteroatoms. The summed E-state index contributed by atoms with van der Waals surface area (Å²) in [5.74, 6) is 0.125. The topological polar surface area (TPSA) is 138 Å². The van der Waals surface area contributed by atoms with Crippen LogP contribution in [0.5, 0.6) is 11.5 Å². The fourth-order valence-electron chi connectivity index (χ4n) is 4.74. The van der Waals surface area contributed by atoms with Crippen molar-refractivity contribution in [2.24, 2.45) is 0 Å². The van der Waals surface area contributed by atoms with Crippen LogP contribution in [0.3, 0.4) is 0 Å². The van der Waals surface area contributed by atoms with Gasteiger partial charge in [0, 0.05) is 56.7 Å². The molecular weight excluding hydrogens is 621 g/mol. The van der Waals surface area contributed by atoms with Crippen LogP contribution < -0.4 is 14.8 Å². The molecule has 1 aromatic rings. The summed E-state index contributed by atoms with van der Waals surface area (Å²) in [6, 6.07) is 2.46. The van der Waals surface area contributed by atoms with Gasteiger partial charge in [-0.05, 0) is 47.2 Å². The van der Waals surface area contributed by atoms with E-state index < -0.39 is 24.2 Å². The summed E-state index contributed by atoms with van der Waals surface area (Å²) < 4.78 is 17.7. The van der Waals surface area contributed by atoms with Gasteiger partial charge in [0.1, 0.15) is 18.5 Å². The van der Waals surface area contributed by atoms with Crippen LogP contribution >= 0.6 is 22.6 Å². The molecule has 0 radical (unpaired) electrons. The standard InChI is InChI=1S/C27H38IN3O8/c1-3-4-24(34)31(7-6-30-8-11-38-12-9-30)21-15-19(27(36)29-5-10-32)16-22(25(21)35)39-26-20(28)13-18(17-33)14-23(26)37-2/h13-14,16-17,21-22,25,32,35H,3-12,15H2,1-2H3,(H,29,36). The first-order chi connectivity index (χ1) is 18.8. The third kappa shape index (κ3) is 8.37. The van der Waals surface area contributed by atoms with Crippen molar-refractivity contribution >= 4 is 40.7 Å². The summed E-state index contributed by atoms with van der Waals surface area (Å²) in [6.07, 6.45) is 1.23. The molecule has 0 aromatic heterocycles. The van der Waals surface area contributed by atoms with Gasteiger partial charge in [-0.2, -0.15) is 0 Å². The molecule has 1 aromatic carbocycles. The largest absolute Gasteiger partial charge is 0.493 e. The minimum absolute atomic E-state index is 0.0727. The number of nitrogens with zero attached hydrogens (tertiary/aromatic N) is 2. The maximum absolute atomic E-state index is 13.3. The van der Waals surface area contributed by atoms with Gasteiger partial charge in [0.25, 0.3) is 0 Å². The summed E-state index contributed by atoms with van der Waals surface area (Å²) in [4.78, 5) is 41.5. The van der Waals surface area contributed by atoms with Crippen LogP contribution in [-0.2, 0) is 14.3 Å². The molecule has 216 valence electrons. The number of carbonyl (C=O) groups excluding carboxylic acids is 3. The van der Waals surface area contributed by atoms with E-state index in [0.29, 0.717) is 71.6 Å². The number of nitrogens with one attached hydrogen (secondary N) is 1. The van der Waals surface area contributed by atoms with Gasteiger partial charge in [0.2, 0.25) is 11.8 Å². The molecule has 0 bridgehead atoms. The van der Waals surface area contributed by atoms with Crippen LogP contribution in [0.2, 0.25) is 0 Å². The lowest BCUT2D eigenvalue weighted by atomic mass is 9.88. The molecule has 11 nitrogen and oxygen atoms in total. The zero-order valence-electron chi connectivity index (χ0n) is 22.4. The number of methoxy groups -OCH3 is 1. The molecule has 3 rings (SSSR count). The minimum atomic E-state index is -1.14. The van der Waals surface area contributed by atoms with E-state index >= 15 is 0 Å². The number of rotatable bonds is 13. The Labute approximate surface area is 242 Å². The number of hydrogen-bond donors (Lipinski definition) is 3. The second kappa shape index (κ2) is 15.5. The van der Waals surface area contributed by atoms with E-state index in [9.17, 15) is 24.6 Å². The van der Waals surface area contributed by atoms with E-state index in [0.717, 1.165) is 13.1 Å². The number of halogens is 1. The molecule has 0 spiro atoms. The van der Waals surface area contributed by atoms with E-state index in [1.54, 1.807) is 17.0 Å². The van der Waals surface area contributed by atoms with E-state index in [-0.39, 0.29) is 25.5 Å². The zero-order valence-corrected chi connectivity index (χ0v) is 24.6. The Kier molecular flexibility index (Phi) is 12.4. The molecule has 1 aliphatic carbocycles. The normalized spacial score (nSPS) is 21.6. The second-order valence-corrected chi connectivity index (χ2v) is 10.6. The molecule has 3 unspecified atom stereocenters. The molecule has 2 aliphatic rings. The number of amides is 2. The highest BCUT2D eigenvalue weighted by Gasteiger charge is 2.40. The lowest BCUT2D eigenvalue weighted by Gasteiger charge is -2.41. The highest BCUT2D eigenvalue weighted by Crippen LogP contribution is 2.37. The molecule has 1 heterocycles. The Morgan fingerprint density at radius 1 is 1.31 bits per heavy atom. The van der Waals surface area contributed by atoms with Crippen molar-refractivity contribution in [2.45, 2.75) is 44.4 Å². The van der Waals surface area contributed by atoms with Gasteiger partial charge in [-0.25, -0.2) is 0 Å². The number of carbonyl (C=O) groups is 3. The van der Waals surface area contributed by atoms with Gasteiger partial charge < -0.3 is 34.6 Å². The SMILES string of the molecule is CCCC(=O)N(CCN1CCOCC1)C1CC(C(=O)NCCO)=CC(Oc2c(I)cc(C=O)cc2OC)C1O. The van der Waals surface area contributed by atoms with Crippen molar-refractivity contribution in [3.05, 3.63) is 32.9 Å². The second-order valence-electron chi connectivity index (χ2n) is 9.46. The van der Waals surface area contributed by atoms with Gasteiger partial charge in [-0.3, -0.25) is 19.3 Å². The van der Waals surface area contributed by atoms with E-state index in [1.165, 1.54) is 13.2 Å². The summed E-state index contributed by atoms with van der Waals surface area (Å²) >= 11 is 2.02. The highest BCUT2D eigenvalue weighted by molar-refractivity contribution is 14.1. The van der Waals surface area contributed by atoms with Crippen LogP contribution in [0.25, 0.3) is 0 Å². The number of hydrogen-bond acceptors (Lipinski definition) is 9. The van der Waals surface area contributed by atoms with Crippen LogP contribution in [0.1, 0.15) is 36.5 Å². The molecule has 1 saturated heterocycles. The van der Waals surface area contributed by atoms with E-state index in [2.05, 4.69) is 10.2 Å². The monoisotopic (exact) mass is 659 g/mol. The summed E-state index contributed by atoms with van der Waals surface area (Å²) in [5.41, 5.74) is 0.757. The van der Waals surface area contributed by atoms with Crippen molar-refractivity contribution in [2.75, 3.05) is 59.7 Å². The lowest BCUT2D eigenvalue weighted by molar-refractivity contribution is -0.139. The summed E-state index contributed by atoms with van der Waals surface area (Å²) in [5, 5.41) is 23.4. The predicted octanol–water partition coefficient (Wildman–Crippen LogP) is 0.989. The fraction of sp³-hybridized carbons (Fsp3) is 0.593. The average Bonchev–Trinajstić information content (AvgIpc) is 2.94. The molecule has 3 atom stereocenters. The first kappa shape index (κ1) is 31.3. The Morgan fingerprint density at radius 2 is 2.05 bits per heavy atom. The Hall–Kier alpha value is -2.26. The Morgan fingerprint density at radius 3 is 2.69 bits per heavy atom. The van der Waals surface area contributed by atoms with Crippen molar-refractivity contribution in [3.8, 4) is 11.5 Å². The van der Waals surface area contributed by atoms with Crippen LogP contribution in [0, 0.1) is 3.57 Å². The number of aldehydes is 1. The quantitative estimate of drug-likeness (QED) is 0.209. The maximum Gasteiger partial charge on any atom is 0.247 e. The van der Waals surface area contributed by atoms with Crippen LogP contribution in [0.4, 0.5) is 0 Å². The minimum Gasteiger partial charge on any atom is -0.493 e. The summed E-state index contributed by atoms with van der Waals surface area (Å²) in [7, 11) is 1.45. The van der Waals surface area contributed by atoms with Gasteiger partial charge in [0.05, 0.1) is 36.5 Å². The zero-order chi connectivity index (χ0) is 28.4. The third-order valence-electron chi connectivity index (χ3n) is 6.80. The fourth-order valence-corrected chi connectivity index (χ4v) is 5.50. The van der Waals surface area contributed by atoms with Gasteiger partial charge in [-0.1, -0.05) is 6.92 Å². The Balaban J connectivity index is 1.94. The van der Waals surface area contributed by atoms with Crippen molar-refractivity contribution in [1.82, 2.24) is 15.1 Å². The third-order valence-corrected chi connectivity index (χ3v) is 7.60. The molecule has 0 saturated carbocycles. The van der Waals surface area contributed by atoms with Gasteiger partial charge in [0.15, 0.2) is 11.5 Å². The van der Waals surface area contributed by atoms with E-state index in [4.69, 9.17) is 14.2 Å². The number of aliphatic hydroxyl groups is 2. The maximum atomic E-state index is 13.3. The van der Waals surface area contributed by atoms with Gasteiger partial charge in [-0.15, -0.1) is 0 Å². The first-order valence-corrected chi connectivity index (χ1v) is 14.3. The van der Waals surface area contributed by atoms with Crippen molar-refractivity contribution in [3.63, 3.8) is 0 Å². The number of morpholine rings is 1. The average molecular weight is 660 g/mol. The predicted molar refractivity (Wildman–Crippen MR) is 152 cm³/mol. The number of aliphatic hydroxyl groups excluding tert-OH is 2. The van der Waals surface area contributed by atoms with Gasteiger partial charge >= 0.3 is 0 Å². The number of benzene rings is 1. The van der Waals surface area contributed by atoms with Crippen LogP contribution in [-0.4, -0.2) is 116 Å². The van der Waals surface area contributed by atoms with E-state index in [1.807, 2.05) is 29.5 Å². The molecular formula is C27H38IN3O8. The Bertz CT molecular complexity index is 1030. The van der Waals surface area contributed by atoms with Crippen LogP contribution in [0.15, 0.2) is 23.8 Å². The smallest absolute Gasteiger partial charge is 0.247 e. The highest BCUT2D eigenvalue weighted by atomic mass is 127. The lowest BCUT2D eigenvalue weighted by Crippen LogP contribution is -2.56. The molecule has 1 aliphatic heterocycles.